The van der Waals surface area contributed by atoms with Crippen LogP contribution in [0.5, 0.6) is 0 Å². The summed E-state index contributed by atoms with van der Waals surface area (Å²) in [6, 6.07) is 16.8. The highest BCUT2D eigenvalue weighted by Gasteiger charge is 2.34. The van der Waals surface area contributed by atoms with Gasteiger partial charge in [0.15, 0.2) is 5.84 Å². The van der Waals surface area contributed by atoms with Crippen molar-refractivity contribution >= 4 is 38.6 Å². The first kappa shape index (κ1) is 23.2. The Balaban J connectivity index is 1.45. The number of aliphatic hydroxyl groups excluding tert-OH is 1. The molecule has 0 bridgehead atoms. The minimum absolute atomic E-state index is 0.224. The molecule has 1 unspecified atom stereocenters. The van der Waals surface area contributed by atoms with E-state index in [1.165, 1.54) is 0 Å². The van der Waals surface area contributed by atoms with Gasteiger partial charge >= 0.3 is 0 Å². The molecule has 1 aromatic heterocycles. The van der Waals surface area contributed by atoms with E-state index in [0.29, 0.717) is 22.9 Å². The highest BCUT2D eigenvalue weighted by molar-refractivity contribution is 7.92. The summed E-state index contributed by atoms with van der Waals surface area (Å²) >= 11 is 0. The van der Waals surface area contributed by atoms with Gasteiger partial charge in [0.05, 0.1) is 29.4 Å². The third-order valence-electron chi connectivity index (χ3n) is 6.21. The number of aliphatic hydroxyl groups is 1. The molecule has 0 aliphatic carbocycles. The zero-order valence-corrected chi connectivity index (χ0v) is 20.1. The molecule has 35 heavy (non-hydrogen) atoms. The number of nitrogens with zero attached hydrogens (tertiary/aromatic N) is 2. The molecule has 2 aliphatic rings. The molecular weight excluding hydrogens is 466 g/mol. The molecule has 2 aromatic carbocycles. The van der Waals surface area contributed by atoms with Crippen LogP contribution in [0.4, 0.5) is 22.7 Å². The third-order valence-corrected chi connectivity index (χ3v) is 6.80. The van der Waals surface area contributed by atoms with Crippen LogP contribution in [0.25, 0.3) is 0 Å². The fraction of sp³-hybridized carbons (Fsp3) is 0.292. The van der Waals surface area contributed by atoms with Crippen LogP contribution >= 0.6 is 0 Å². The highest BCUT2D eigenvalue weighted by atomic mass is 32.2. The van der Waals surface area contributed by atoms with Crippen LogP contribution < -0.4 is 26.0 Å². The second-order valence-corrected chi connectivity index (χ2v) is 10.7. The average molecular weight is 496 g/mol. The Kier molecular flexibility index (Phi) is 5.91. The molecule has 0 radical (unpaired) electrons. The summed E-state index contributed by atoms with van der Waals surface area (Å²) in [7, 11) is -3.47. The van der Waals surface area contributed by atoms with Crippen LogP contribution in [0.3, 0.4) is 0 Å². The lowest BCUT2D eigenvalue weighted by Gasteiger charge is -2.34. The maximum Gasteiger partial charge on any atom is 0.229 e. The predicted octanol–water partition coefficient (Wildman–Crippen LogP) is 2.40. The maximum absolute atomic E-state index is 11.8. The maximum atomic E-state index is 11.8. The number of hydrogen-bond acceptors (Lipinski definition) is 8. The Morgan fingerprint density at radius 1 is 1.09 bits per heavy atom. The van der Waals surface area contributed by atoms with Crippen molar-refractivity contribution in [3.05, 3.63) is 72.1 Å². The van der Waals surface area contributed by atoms with Gasteiger partial charge in [0.2, 0.25) is 15.8 Å². The summed E-state index contributed by atoms with van der Waals surface area (Å²) in [5, 5.41) is 16.3. The Hall–Kier alpha value is -3.54. The lowest BCUT2D eigenvalue weighted by molar-refractivity contribution is 0.145. The molecule has 0 amide bonds. The van der Waals surface area contributed by atoms with Crippen molar-refractivity contribution in [1.29, 1.82) is 0 Å². The minimum atomic E-state index is -3.47. The standard InChI is InChI=1S/C24H29N7O3S/c1-35(33,34)30-20-5-3-2-4-19(20)27-23-22-21(10-13-26-22)28-24(25,29-23)16-6-8-17(9-7-16)31-14-11-18(32)12-15-31/h2-10,13,18,26,28,30,32H,11-12,14-15,25H2,1H3,(H,27,29). The fourth-order valence-corrected chi connectivity index (χ4v) is 5.00. The first-order valence-corrected chi connectivity index (χ1v) is 13.3. The van der Waals surface area contributed by atoms with Crippen molar-refractivity contribution in [3.63, 3.8) is 0 Å². The molecule has 184 valence electrons. The number of para-hydroxylation sites is 2. The number of H-pyrrole nitrogens is 1. The molecule has 2 aliphatic heterocycles. The Morgan fingerprint density at radius 3 is 2.46 bits per heavy atom. The second kappa shape index (κ2) is 8.91. The molecule has 1 atom stereocenters. The average Bonchev–Trinajstić information content (AvgIpc) is 3.28. The van der Waals surface area contributed by atoms with E-state index in [1.807, 2.05) is 30.3 Å². The van der Waals surface area contributed by atoms with Crippen LogP contribution in [0.2, 0.25) is 0 Å². The summed E-state index contributed by atoms with van der Waals surface area (Å²) in [5.74, 6) is -0.768. The molecule has 1 saturated heterocycles. The zero-order chi connectivity index (χ0) is 24.6. The van der Waals surface area contributed by atoms with E-state index in [2.05, 4.69) is 25.2 Å². The summed E-state index contributed by atoms with van der Waals surface area (Å²) < 4.78 is 26.2. The predicted molar refractivity (Wildman–Crippen MR) is 139 cm³/mol. The minimum Gasteiger partial charge on any atom is -0.393 e. The summed E-state index contributed by atoms with van der Waals surface area (Å²) in [5.41, 5.74) is 11.1. The topological polar surface area (TPSA) is 148 Å². The summed E-state index contributed by atoms with van der Waals surface area (Å²) in [6.45, 7) is 1.62. The first-order chi connectivity index (χ1) is 16.7. The molecule has 3 aromatic rings. The number of nitrogens with two attached hydrogens (primary N) is 1. The normalized spacial score (nSPS) is 20.5. The van der Waals surface area contributed by atoms with Crippen LogP contribution in [0, 0.1) is 0 Å². The van der Waals surface area contributed by atoms with Crippen molar-refractivity contribution in [2.45, 2.75) is 24.7 Å². The van der Waals surface area contributed by atoms with Crippen molar-refractivity contribution in [3.8, 4) is 0 Å². The number of piperidine rings is 1. The number of aliphatic imine (C=N–C) groups is 1. The SMILES string of the molecule is CS(=O)(=O)Nc1ccccc1NC1=NC(N)(c2ccc(N3CCC(O)CC3)cc2)Nc2cc[nH]c21. The van der Waals surface area contributed by atoms with E-state index >= 15 is 0 Å². The van der Waals surface area contributed by atoms with Gasteiger partial charge in [0.25, 0.3) is 0 Å². The second-order valence-electron chi connectivity index (χ2n) is 8.93. The van der Waals surface area contributed by atoms with E-state index in [9.17, 15) is 13.5 Å². The quantitative estimate of drug-likeness (QED) is 0.318. The van der Waals surface area contributed by atoms with E-state index in [-0.39, 0.29) is 6.10 Å². The van der Waals surface area contributed by atoms with Crippen molar-refractivity contribution in [2.75, 3.05) is 39.6 Å². The van der Waals surface area contributed by atoms with Crippen molar-refractivity contribution < 1.29 is 13.5 Å². The summed E-state index contributed by atoms with van der Waals surface area (Å²) in [6.07, 6.45) is 4.19. The van der Waals surface area contributed by atoms with Crippen LogP contribution in [0.15, 0.2) is 65.8 Å². The zero-order valence-electron chi connectivity index (χ0n) is 19.3. The smallest absolute Gasteiger partial charge is 0.229 e. The van der Waals surface area contributed by atoms with Crippen LogP contribution in [-0.2, 0) is 15.8 Å². The Labute approximate surface area is 204 Å². The van der Waals surface area contributed by atoms with Gasteiger partial charge in [-0.2, -0.15) is 0 Å². The van der Waals surface area contributed by atoms with Gasteiger partial charge in [-0.05, 0) is 43.2 Å². The number of hydrogen-bond donors (Lipinski definition) is 6. The number of fused-ring (bicyclic) bond motifs is 1. The fourth-order valence-electron chi connectivity index (χ4n) is 4.42. The van der Waals surface area contributed by atoms with Crippen LogP contribution in [-0.4, -0.2) is 49.8 Å². The molecule has 0 spiro atoms. The lowest BCUT2D eigenvalue weighted by Crippen LogP contribution is -2.47. The number of aromatic amines is 1. The van der Waals surface area contributed by atoms with E-state index < -0.39 is 15.8 Å². The summed E-state index contributed by atoms with van der Waals surface area (Å²) in [4.78, 5) is 10.2. The Morgan fingerprint density at radius 2 is 1.77 bits per heavy atom. The number of aromatic nitrogens is 1. The number of benzene rings is 2. The molecular formula is C24H29N7O3S. The number of rotatable bonds is 5. The highest BCUT2D eigenvalue weighted by Crippen LogP contribution is 2.33. The number of amidine groups is 1. The molecule has 10 nitrogen and oxygen atoms in total. The third kappa shape index (κ3) is 4.97. The van der Waals surface area contributed by atoms with Crippen molar-refractivity contribution in [2.24, 2.45) is 10.7 Å². The number of sulfonamides is 1. The van der Waals surface area contributed by atoms with E-state index in [1.54, 1.807) is 30.5 Å². The Bertz CT molecular complexity index is 1350. The van der Waals surface area contributed by atoms with Crippen LogP contribution in [0.1, 0.15) is 24.1 Å². The van der Waals surface area contributed by atoms with Gasteiger partial charge in [0, 0.05) is 30.5 Å². The number of anilines is 4. The van der Waals surface area contributed by atoms with E-state index in [0.717, 1.165) is 49.1 Å². The molecule has 11 heteroatoms. The van der Waals surface area contributed by atoms with Crippen molar-refractivity contribution in [1.82, 2.24) is 4.98 Å². The van der Waals surface area contributed by atoms with Gasteiger partial charge < -0.3 is 25.6 Å². The van der Waals surface area contributed by atoms with Gasteiger partial charge in [-0.1, -0.05) is 24.3 Å². The molecule has 3 heterocycles. The number of nitrogens with one attached hydrogen (secondary N) is 4. The molecule has 7 N–H and O–H groups in total. The van der Waals surface area contributed by atoms with Gasteiger partial charge in [-0.15, -0.1) is 0 Å². The van der Waals surface area contributed by atoms with Gasteiger partial charge in [-0.3, -0.25) is 10.5 Å². The largest absolute Gasteiger partial charge is 0.393 e. The lowest BCUT2D eigenvalue weighted by atomic mass is 10.0. The molecule has 1 fully saturated rings. The molecule has 0 saturated carbocycles. The van der Waals surface area contributed by atoms with E-state index in [4.69, 9.17) is 10.7 Å². The monoisotopic (exact) mass is 495 g/mol. The first-order valence-electron chi connectivity index (χ1n) is 11.4. The molecule has 5 rings (SSSR count). The van der Waals surface area contributed by atoms with Gasteiger partial charge in [0.1, 0.15) is 5.69 Å². The van der Waals surface area contributed by atoms with Gasteiger partial charge in [-0.25, -0.2) is 13.4 Å².